The molecule has 0 atom stereocenters. The molecule has 3 heteroatoms. The van der Waals surface area contributed by atoms with Gasteiger partial charge >= 0.3 is 0 Å². The van der Waals surface area contributed by atoms with Crippen LogP contribution in [0, 0.1) is 5.41 Å². The smallest absolute Gasteiger partial charge is 0.0554 e. The minimum absolute atomic E-state index is 0.373. The Morgan fingerprint density at radius 1 is 1.40 bits per heavy atom. The number of nitrogens with zero attached hydrogens (tertiary/aromatic N) is 1. The molecule has 1 fully saturated rings. The molecule has 0 amide bonds. The Morgan fingerprint density at radius 2 is 2.13 bits per heavy atom. The monoisotopic (exact) mass is 206 g/mol. The second-order valence-electron chi connectivity index (χ2n) is 4.59. The second kappa shape index (κ2) is 4.73. The topological polar surface area (TPSA) is 34.2 Å². The molecule has 0 unspecified atom stereocenters. The van der Waals surface area contributed by atoms with E-state index in [2.05, 4.69) is 29.4 Å². The van der Waals surface area contributed by atoms with Crippen LogP contribution in [-0.4, -0.2) is 31.3 Å². The van der Waals surface area contributed by atoms with E-state index in [0.29, 0.717) is 5.41 Å². The third-order valence-electron chi connectivity index (χ3n) is 2.79. The number of hydrogen-bond donors (Lipinski definition) is 1. The number of hydrogen-bond acceptors (Lipinski definition) is 3. The molecule has 0 saturated carbocycles. The second-order valence-corrected chi connectivity index (χ2v) is 4.59. The molecule has 1 aliphatic heterocycles. The van der Waals surface area contributed by atoms with E-state index >= 15 is 0 Å². The number of ether oxygens (including phenoxy) is 1. The van der Waals surface area contributed by atoms with Crippen molar-refractivity contribution in [1.29, 1.82) is 0 Å². The van der Waals surface area contributed by atoms with Gasteiger partial charge in [-0.3, -0.25) is 4.98 Å². The van der Waals surface area contributed by atoms with Gasteiger partial charge < -0.3 is 10.1 Å². The zero-order valence-electron chi connectivity index (χ0n) is 9.20. The molecule has 0 aromatic carbocycles. The number of nitrogens with one attached hydrogen (secondary N) is 1. The van der Waals surface area contributed by atoms with Gasteiger partial charge in [-0.25, -0.2) is 0 Å². The number of rotatable bonds is 5. The van der Waals surface area contributed by atoms with E-state index in [9.17, 15) is 0 Å². The van der Waals surface area contributed by atoms with Gasteiger partial charge in [-0.2, -0.15) is 0 Å². The van der Waals surface area contributed by atoms with Crippen LogP contribution >= 0.6 is 0 Å². The van der Waals surface area contributed by atoms with Gasteiger partial charge in [0.2, 0.25) is 0 Å². The molecule has 0 bridgehead atoms. The summed E-state index contributed by atoms with van der Waals surface area (Å²) < 4.78 is 5.20. The molecule has 1 aromatic heterocycles. The first kappa shape index (κ1) is 10.6. The Balaban J connectivity index is 1.63. The Hall–Kier alpha value is -0.930. The van der Waals surface area contributed by atoms with Crippen molar-refractivity contribution in [3.63, 3.8) is 0 Å². The molecule has 0 spiro atoms. The van der Waals surface area contributed by atoms with Gasteiger partial charge in [-0.15, -0.1) is 0 Å². The van der Waals surface area contributed by atoms with Crippen molar-refractivity contribution < 1.29 is 4.74 Å². The predicted molar refractivity (Wildman–Crippen MR) is 59.7 cm³/mol. The van der Waals surface area contributed by atoms with E-state index < -0.39 is 0 Å². The highest BCUT2D eigenvalue weighted by Crippen LogP contribution is 2.24. The lowest BCUT2D eigenvalue weighted by Gasteiger charge is -2.38. The highest BCUT2D eigenvalue weighted by atomic mass is 16.5. The van der Waals surface area contributed by atoms with E-state index in [1.54, 1.807) is 0 Å². The van der Waals surface area contributed by atoms with E-state index in [4.69, 9.17) is 4.74 Å². The maximum absolute atomic E-state index is 5.20. The molecular weight excluding hydrogens is 188 g/mol. The van der Waals surface area contributed by atoms with Crippen molar-refractivity contribution in [2.24, 2.45) is 5.41 Å². The molecule has 1 N–H and O–H groups in total. The van der Waals surface area contributed by atoms with Crippen LogP contribution < -0.4 is 5.32 Å². The molecule has 3 nitrogen and oxygen atoms in total. The average Bonchev–Trinajstić information content (AvgIpc) is 2.23. The standard InChI is InChI=1S/C12H18N2O/c1-12(9-15-10-12)8-14-7-4-11-2-5-13-6-3-11/h2-3,5-6,14H,4,7-10H2,1H3. The maximum Gasteiger partial charge on any atom is 0.0554 e. The Morgan fingerprint density at radius 3 is 2.73 bits per heavy atom. The van der Waals surface area contributed by atoms with Gasteiger partial charge in [0.15, 0.2) is 0 Å². The number of aromatic nitrogens is 1. The van der Waals surface area contributed by atoms with Gasteiger partial charge in [-0.1, -0.05) is 6.92 Å². The van der Waals surface area contributed by atoms with Crippen LogP contribution in [0.1, 0.15) is 12.5 Å². The molecule has 1 aliphatic rings. The largest absolute Gasteiger partial charge is 0.380 e. The summed E-state index contributed by atoms with van der Waals surface area (Å²) in [5.74, 6) is 0. The van der Waals surface area contributed by atoms with Crippen LogP contribution in [0.2, 0.25) is 0 Å². The molecule has 1 saturated heterocycles. The third-order valence-corrected chi connectivity index (χ3v) is 2.79. The van der Waals surface area contributed by atoms with Gasteiger partial charge in [0.05, 0.1) is 13.2 Å². The zero-order valence-corrected chi connectivity index (χ0v) is 9.20. The van der Waals surface area contributed by atoms with Crippen molar-refractivity contribution in [2.45, 2.75) is 13.3 Å². The lowest BCUT2D eigenvalue weighted by atomic mass is 9.89. The highest BCUT2D eigenvalue weighted by Gasteiger charge is 2.32. The Labute approximate surface area is 90.9 Å². The van der Waals surface area contributed by atoms with Crippen molar-refractivity contribution in [2.75, 3.05) is 26.3 Å². The van der Waals surface area contributed by atoms with E-state index in [-0.39, 0.29) is 0 Å². The van der Waals surface area contributed by atoms with E-state index in [0.717, 1.165) is 32.7 Å². The first-order valence-electron chi connectivity index (χ1n) is 5.46. The van der Waals surface area contributed by atoms with Crippen LogP contribution in [-0.2, 0) is 11.2 Å². The van der Waals surface area contributed by atoms with Crippen molar-refractivity contribution in [3.05, 3.63) is 30.1 Å². The summed E-state index contributed by atoms with van der Waals surface area (Å²) in [6.07, 6.45) is 4.76. The van der Waals surface area contributed by atoms with Crippen molar-refractivity contribution >= 4 is 0 Å². The highest BCUT2D eigenvalue weighted by molar-refractivity contribution is 5.09. The van der Waals surface area contributed by atoms with Crippen LogP contribution in [0.25, 0.3) is 0 Å². The summed E-state index contributed by atoms with van der Waals surface area (Å²) in [4.78, 5) is 4.00. The summed E-state index contributed by atoms with van der Waals surface area (Å²) in [7, 11) is 0. The molecule has 0 radical (unpaired) electrons. The van der Waals surface area contributed by atoms with Gasteiger partial charge in [0.25, 0.3) is 0 Å². The first-order chi connectivity index (χ1) is 7.29. The lowest BCUT2D eigenvalue weighted by molar-refractivity contribution is -0.0988. The van der Waals surface area contributed by atoms with Gasteiger partial charge in [0.1, 0.15) is 0 Å². The molecule has 15 heavy (non-hydrogen) atoms. The molecule has 82 valence electrons. The number of pyridine rings is 1. The van der Waals surface area contributed by atoms with Gasteiger partial charge in [-0.05, 0) is 30.7 Å². The fraction of sp³-hybridized carbons (Fsp3) is 0.583. The summed E-state index contributed by atoms with van der Waals surface area (Å²) >= 11 is 0. The fourth-order valence-corrected chi connectivity index (χ4v) is 1.72. The molecule has 0 aliphatic carbocycles. The average molecular weight is 206 g/mol. The summed E-state index contributed by atoms with van der Waals surface area (Å²) in [5.41, 5.74) is 1.71. The van der Waals surface area contributed by atoms with E-state index in [1.165, 1.54) is 5.56 Å². The first-order valence-corrected chi connectivity index (χ1v) is 5.46. The summed E-state index contributed by atoms with van der Waals surface area (Å²) in [5, 5.41) is 3.48. The maximum atomic E-state index is 5.20. The third kappa shape index (κ3) is 3.01. The minimum Gasteiger partial charge on any atom is -0.380 e. The van der Waals surface area contributed by atoms with Crippen molar-refractivity contribution in [1.82, 2.24) is 10.3 Å². The predicted octanol–water partition coefficient (Wildman–Crippen LogP) is 1.25. The zero-order chi connectivity index (χ0) is 10.6. The van der Waals surface area contributed by atoms with Gasteiger partial charge in [0, 0.05) is 24.4 Å². The molecule has 2 heterocycles. The summed E-state index contributed by atoms with van der Waals surface area (Å²) in [6, 6.07) is 4.13. The molecular formula is C12H18N2O. The SMILES string of the molecule is CC1(CNCCc2ccncc2)COC1. The Bertz CT molecular complexity index is 296. The van der Waals surface area contributed by atoms with Crippen LogP contribution in [0.15, 0.2) is 24.5 Å². The van der Waals surface area contributed by atoms with Crippen molar-refractivity contribution in [3.8, 4) is 0 Å². The lowest BCUT2D eigenvalue weighted by Crippen LogP contribution is -2.47. The fourth-order valence-electron chi connectivity index (χ4n) is 1.72. The van der Waals surface area contributed by atoms with Crippen LogP contribution in [0.5, 0.6) is 0 Å². The molecule has 1 aromatic rings. The van der Waals surface area contributed by atoms with E-state index in [1.807, 2.05) is 12.4 Å². The minimum atomic E-state index is 0.373. The van der Waals surface area contributed by atoms with Crippen LogP contribution in [0.4, 0.5) is 0 Å². The molecule has 2 rings (SSSR count). The quantitative estimate of drug-likeness (QED) is 0.736. The van der Waals surface area contributed by atoms with Crippen LogP contribution in [0.3, 0.4) is 0 Å². The summed E-state index contributed by atoms with van der Waals surface area (Å²) in [6.45, 7) is 6.14. The normalized spacial score (nSPS) is 18.5. The Kier molecular flexibility index (Phi) is 3.34.